The lowest BCUT2D eigenvalue weighted by Gasteiger charge is -2.25. The summed E-state index contributed by atoms with van der Waals surface area (Å²) in [6.45, 7) is 4.63. The van der Waals surface area contributed by atoms with Crippen LogP contribution in [0.15, 0.2) is 109 Å². The highest BCUT2D eigenvalue weighted by molar-refractivity contribution is 5.71. The number of carbonyl (C=O) groups excluding carboxylic acids is 2. The normalized spacial score (nSPS) is 13.7. The molecule has 0 aromatic rings. The maximum Gasteiger partial charge on any atom is 0.361 e. The van der Waals surface area contributed by atoms with Crippen LogP contribution >= 0.6 is 0 Å². The zero-order chi connectivity index (χ0) is 49.2. The van der Waals surface area contributed by atoms with E-state index in [0.717, 1.165) is 116 Å². The summed E-state index contributed by atoms with van der Waals surface area (Å²) in [5.41, 5.74) is 0. The Bertz CT molecular complexity index is 1460. The summed E-state index contributed by atoms with van der Waals surface area (Å²) in [5, 5.41) is 9.60. The average molecular weight is 935 g/mol. The van der Waals surface area contributed by atoms with Crippen LogP contribution in [0.2, 0.25) is 0 Å². The van der Waals surface area contributed by atoms with E-state index in [1.165, 1.54) is 32.1 Å². The standard InChI is InChI=1S/C58H95NO8/c1-6-8-10-12-13-14-15-16-17-18-19-20-21-22-23-24-25-26-27-28-29-30-31-32-33-34-35-36-37-38-39-40-41-42-43-45-47-49-56(61)67-54(52-65-55(60)48-46-44-11-9-7-2)53-66-58(57(62)63)64-51-50-59(3,4)5/h8,10,13-14,16-17,19-20,22-23,25-26,28-29,31-32,34-35,54,58H,6-7,9,11-12,15,18,21,24,27,30,33,36-53H2,1-5H3/p+1/b10-8-,14-13-,17-16-,20-19-,23-22-,26-25-,29-28-,32-31-,35-34-. The van der Waals surface area contributed by atoms with Gasteiger partial charge in [0, 0.05) is 12.8 Å². The minimum atomic E-state index is -1.51. The topological polar surface area (TPSA) is 108 Å². The van der Waals surface area contributed by atoms with Crippen molar-refractivity contribution in [2.75, 3.05) is 47.5 Å². The van der Waals surface area contributed by atoms with Gasteiger partial charge in [-0.3, -0.25) is 9.59 Å². The molecule has 0 saturated heterocycles. The number of carboxylic acids is 1. The number of carboxylic acid groups (broad SMARTS) is 1. The first-order valence-electron chi connectivity index (χ1n) is 26.1. The van der Waals surface area contributed by atoms with E-state index in [0.29, 0.717) is 23.9 Å². The van der Waals surface area contributed by atoms with E-state index in [-0.39, 0.29) is 32.2 Å². The highest BCUT2D eigenvalue weighted by Crippen LogP contribution is 2.14. The molecule has 0 saturated carbocycles. The van der Waals surface area contributed by atoms with E-state index in [1.54, 1.807) is 0 Å². The van der Waals surface area contributed by atoms with Crippen LogP contribution in [0.25, 0.3) is 0 Å². The number of allylic oxidation sites excluding steroid dienone is 18. The van der Waals surface area contributed by atoms with Crippen molar-refractivity contribution in [3.05, 3.63) is 109 Å². The fourth-order valence-electron chi connectivity index (χ4n) is 6.53. The second-order valence-electron chi connectivity index (χ2n) is 18.1. The Balaban J connectivity index is 4.05. The fraction of sp³-hybridized carbons (Fsp3) is 0.638. The van der Waals surface area contributed by atoms with Gasteiger partial charge in [0.2, 0.25) is 0 Å². The predicted octanol–water partition coefficient (Wildman–Crippen LogP) is 14.8. The first-order chi connectivity index (χ1) is 32.6. The largest absolute Gasteiger partial charge is 0.477 e. The van der Waals surface area contributed by atoms with Gasteiger partial charge < -0.3 is 28.5 Å². The molecule has 0 amide bonds. The third-order valence-corrected chi connectivity index (χ3v) is 10.5. The quantitative estimate of drug-likeness (QED) is 0.0211. The van der Waals surface area contributed by atoms with Gasteiger partial charge in [0.1, 0.15) is 13.2 Å². The highest BCUT2D eigenvalue weighted by atomic mass is 16.7. The number of rotatable bonds is 46. The molecular formula is C58H96NO8+. The van der Waals surface area contributed by atoms with E-state index in [4.69, 9.17) is 18.9 Å². The van der Waals surface area contributed by atoms with E-state index in [2.05, 4.69) is 123 Å². The number of unbranched alkanes of at least 4 members (excludes halogenated alkanes) is 13. The van der Waals surface area contributed by atoms with Crippen LogP contribution in [-0.2, 0) is 33.3 Å². The summed E-state index contributed by atoms with van der Waals surface area (Å²) in [6.07, 6.45) is 63.6. The molecule has 0 radical (unpaired) electrons. The van der Waals surface area contributed by atoms with E-state index < -0.39 is 24.3 Å². The molecule has 2 atom stereocenters. The summed E-state index contributed by atoms with van der Waals surface area (Å²) in [6, 6.07) is 0. The summed E-state index contributed by atoms with van der Waals surface area (Å²) in [4.78, 5) is 36.8. The first kappa shape index (κ1) is 63.0. The van der Waals surface area contributed by atoms with Crippen LogP contribution in [0.3, 0.4) is 0 Å². The van der Waals surface area contributed by atoms with Gasteiger partial charge in [0.15, 0.2) is 6.10 Å². The van der Waals surface area contributed by atoms with Crippen molar-refractivity contribution in [3.63, 3.8) is 0 Å². The number of nitrogens with zero attached hydrogens (tertiary/aromatic N) is 1. The average Bonchev–Trinajstić information content (AvgIpc) is 3.29. The molecule has 0 fully saturated rings. The van der Waals surface area contributed by atoms with Gasteiger partial charge in [-0.1, -0.05) is 194 Å². The Kier molecular flexibility index (Phi) is 45.5. The van der Waals surface area contributed by atoms with Crippen molar-refractivity contribution in [1.29, 1.82) is 0 Å². The molecule has 0 heterocycles. The molecule has 1 N–H and O–H groups in total. The zero-order valence-electron chi connectivity index (χ0n) is 43.0. The summed E-state index contributed by atoms with van der Waals surface area (Å²) >= 11 is 0. The lowest BCUT2D eigenvalue weighted by molar-refractivity contribution is -0.870. The van der Waals surface area contributed by atoms with Crippen LogP contribution in [0.4, 0.5) is 0 Å². The lowest BCUT2D eigenvalue weighted by atomic mass is 10.1. The number of likely N-dealkylation sites (N-methyl/N-ethyl adjacent to an activating group) is 1. The van der Waals surface area contributed by atoms with Gasteiger partial charge in [-0.2, -0.15) is 0 Å². The Labute approximate surface area is 409 Å². The lowest BCUT2D eigenvalue weighted by Crippen LogP contribution is -2.40. The monoisotopic (exact) mass is 935 g/mol. The third-order valence-electron chi connectivity index (χ3n) is 10.5. The molecule has 67 heavy (non-hydrogen) atoms. The van der Waals surface area contributed by atoms with Crippen LogP contribution in [0, 0.1) is 0 Å². The van der Waals surface area contributed by atoms with Crippen molar-refractivity contribution in [1.82, 2.24) is 0 Å². The van der Waals surface area contributed by atoms with Gasteiger partial charge in [-0.05, 0) is 83.5 Å². The molecule has 0 aliphatic heterocycles. The molecule has 2 unspecified atom stereocenters. The van der Waals surface area contributed by atoms with Crippen LogP contribution in [-0.4, -0.2) is 87.4 Å². The number of ether oxygens (including phenoxy) is 4. The molecule has 0 spiro atoms. The smallest absolute Gasteiger partial charge is 0.361 e. The molecule has 0 aromatic carbocycles. The van der Waals surface area contributed by atoms with Gasteiger partial charge >= 0.3 is 17.9 Å². The molecule has 0 rings (SSSR count). The highest BCUT2D eigenvalue weighted by Gasteiger charge is 2.25. The van der Waals surface area contributed by atoms with Crippen molar-refractivity contribution in [3.8, 4) is 0 Å². The molecule has 0 aromatic heterocycles. The second-order valence-corrected chi connectivity index (χ2v) is 18.1. The number of carbonyl (C=O) groups is 3. The number of hydrogen-bond acceptors (Lipinski definition) is 7. The van der Waals surface area contributed by atoms with E-state index >= 15 is 0 Å². The maximum absolute atomic E-state index is 12.7. The Morgan fingerprint density at radius 2 is 0.851 bits per heavy atom. The summed E-state index contributed by atoms with van der Waals surface area (Å²) in [7, 11) is 5.93. The first-order valence-corrected chi connectivity index (χ1v) is 26.1. The molecule has 0 bridgehead atoms. The molecular weight excluding hydrogens is 839 g/mol. The minimum Gasteiger partial charge on any atom is -0.477 e. The van der Waals surface area contributed by atoms with Crippen LogP contribution < -0.4 is 0 Å². The van der Waals surface area contributed by atoms with Gasteiger partial charge in [-0.25, -0.2) is 4.79 Å². The Morgan fingerprint density at radius 1 is 0.463 bits per heavy atom. The van der Waals surface area contributed by atoms with Gasteiger partial charge in [0.25, 0.3) is 6.29 Å². The van der Waals surface area contributed by atoms with Crippen LogP contribution in [0.1, 0.15) is 181 Å². The van der Waals surface area contributed by atoms with Crippen molar-refractivity contribution < 1.29 is 42.9 Å². The molecule has 0 aliphatic carbocycles. The number of quaternary nitrogens is 1. The van der Waals surface area contributed by atoms with Crippen molar-refractivity contribution in [2.24, 2.45) is 0 Å². The zero-order valence-corrected chi connectivity index (χ0v) is 43.0. The van der Waals surface area contributed by atoms with Gasteiger partial charge in [0.05, 0.1) is 34.4 Å². The number of hydrogen-bond donors (Lipinski definition) is 1. The number of esters is 2. The van der Waals surface area contributed by atoms with Crippen molar-refractivity contribution in [2.45, 2.75) is 193 Å². The molecule has 9 nitrogen and oxygen atoms in total. The maximum atomic E-state index is 12.7. The molecule has 380 valence electrons. The van der Waals surface area contributed by atoms with E-state index in [9.17, 15) is 19.5 Å². The number of aliphatic carboxylic acids is 1. The summed E-state index contributed by atoms with van der Waals surface area (Å²) in [5.74, 6) is -2.04. The van der Waals surface area contributed by atoms with Crippen LogP contribution in [0.5, 0.6) is 0 Å². The fourth-order valence-corrected chi connectivity index (χ4v) is 6.53. The van der Waals surface area contributed by atoms with Gasteiger partial charge in [-0.15, -0.1) is 0 Å². The Hall–Kier alpha value is -4.05. The summed E-state index contributed by atoms with van der Waals surface area (Å²) < 4.78 is 22.6. The predicted molar refractivity (Wildman–Crippen MR) is 281 cm³/mol. The molecule has 9 heteroatoms. The Morgan fingerprint density at radius 3 is 1.27 bits per heavy atom. The minimum absolute atomic E-state index is 0.182. The molecule has 0 aliphatic rings. The van der Waals surface area contributed by atoms with E-state index in [1.807, 2.05) is 21.1 Å². The SMILES string of the molecule is CC/C=C\C/C=C\C/C=C\C/C=C\C/C=C\C/C=C\C/C=C\C/C=C\C/C=C\CCCCCCCCCCCC(=O)OC(COC(=O)CCCCCCC)COC(OCC[N+](C)(C)C)C(=O)O. The third kappa shape index (κ3) is 49.7. The second kappa shape index (κ2) is 48.4. The van der Waals surface area contributed by atoms with Crippen molar-refractivity contribution >= 4 is 17.9 Å².